The van der Waals surface area contributed by atoms with Crippen molar-refractivity contribution in [2.24, 2.45) is 0 Å². The maximum Gasteiger partial charge on any atom is 0.0555 e. The number of aryl methyl sites for hydroxylation is 1. The van der Waals surface area contributed by atoms with Crippen LogP contribution >= 0.6 is 15.9 Å². The zero-order valence-electron chi connectivity index (χ0n) is 8.67. The summed E-state index contributed by atoms with van der Waals surface area (Å²) in [5, 5.41) is 12.0. The monoisotopic (exact) mass is 269 g/mol. The third-order valence-corrected chi connectivity index (χ3v) is 3.48. The Morgan fingerprint density at radius 1 is 1.47 bits per heavy atom. The van der Waals surface area contributed by atoms with E-state index in [1.807, 2.05) is 0 Å². The minimum atomic E-state index is 0.222. The molecule has 2 nitrogen and oxygen atoms in total. The van der Waals surface area contributed by atoms with Gasteiger partial charge in [0, 0.05) is 17.6 Å². The molecule has 2 rings (SSSR count). The molecule has 15 heavy (non-hydrogen) atoms. The lowest BCUT2D eigenvalue weighted by molar-refractivity contribution is 0.291. The van der Waals surface area contributed by atoms with E-state index in [1.54, 1.807) is 0 Å². The van der Waals surface area contributed by atoms with E-state index in [-0.39, 0.29) is 6.61 Å². The lowest BCUT2D eigenvalue weighted by Crippen LogP contribution is -2.23. The number of aliphatic hydroxyl groups excluding tert-OH is 1. The van der Waals surface area contributed by atoms with Gasteiger partial charge in [0.05, 0.1) is 6.61 Å². The second kappa shape index (κ2) is 5.10. The standard InChI is InChI=1S/C12H16BrNO/c13-11-3-4-12-9(7-11)1-2-10(12)8-14-5-6-15/h3-4,7,10,14-15H,1-2,5-6,8H2/t10-/m1/s1. The van der Waals surface area contributed by atoms with Crippen LogP contribution in [0.2, 0.25) is 0 Å². The van der Waals surface area contributed by atoms with Gasteiger partial charge in [-0.2, -0.15) is 0 Å². The van der Waals surface area contributed by atoms with Gasteiger partial charge in [0.25, 0.3) is 0 Å². The zero-order chi connectivity index (χ0) is 10.7. The summed E-state index contributed by atoms with van der Waals surface area (Å²) in [7, 11) is 0. The highest BCUT2D eigenvalue weighted by atomic mass is 79.9. The Morgan fingerprint density at radius 2 is 2.33 bits per heavy atom. The van der Waals surface area contributed by atoms with Crippen molar-refractivity contribution in [3.8, 4) is 0 Å². The lowest BCUT2D eigenvalue weighted by Gasteiger charge is -2.12. The molecule has 0 saturated carbocycles. The highest BCUT2D eigenvalue weighted by molar-refractivity contribution is 9.10. The predicted molar refractivity (Wildman–Crippen MR) is 65.2 cm³/mol. The molecule has 1 atom stereocenters. The first-order valence-corrected chi connectivity index (χ1v) is 6.20. The topological polar surface area (TPSA) is 32.3 Å². The second-order valence-corrected chi connectivity index (χ2v) is 4.92. The van der Waals surface area contributed by atoms with Gasteiger partial charge in [-0.3, -0.25) is 0 Å². The van der Waals surface area contributed by atoms with Gasteiger partial charge in [-0.25, -0.2) is 0 Å². The quantitative estimate of drug-likeness (QED) is 0.821. The Kier molecular flexibility index (Phi) is 3.78. The largest absolute Gasteiger partial charge is 0.395 e. The molecule has 1 aliphatic carbocycles. The minimum Gasteiger partial charge on any atom is -0.395 e. The third-order valence-electron chi connectivity index (χ3n) is 2.99. The van der Waals surface area contributed by atoms with Gasteiger partial charge in [-0.15, -0.1) is 0 Å². The molecular weight excluding hydrogens is 254 g/mol. The van der Waals surface area contributed by atoms with E-state index in [9.17, 15) is 0 Å². The van der Waals surface area contributed by atoms with Crippen LogP contribution in [0.4, 0.5) is 0 Å². The van der Waals surface area contributed by atoms with Gasteiger partial charge in [0.2, 0.25) is 0 Å². The number of fused-ring (bicyclic) bond motifs is 1. The van der Waals surface area contributed by atoms with Gasteiger partial charge < -0.3 is 10.4 Å². The molecule has 1 aromatic carbocycles. The first-order valence-electron chi connectivity index (χ1n) is 5.41. The SMILES string of the molecule is OCCNC[C@H]1CCc2cc(Br)ccc21. The number of hydrogen-bond acceptors (Lipinski definition) is 2. The van der Waals surface area contributed by atoms with Crippen LogP contribution in [0.25, 0.3) is 0 Å². The van der Waals surface area contributed by atoms with E-state index in [4.69, 9.17) is 5.11 Å². The van der Waals surface area contributed by atoms with Gasteiger partial charge in [-0.1, -0.05) is 22.0 Å². The van der Waals surface area contributed by atoms with E-state index in [2.05, 4.69) is 39.4 Å². The van der Waals surface area contributed by atoms with E-state index in [1.165, 1.54) is 28.4 Å². The van der Waals surface area contributed by atoms with Gasteiger partial charge >= 0.3 is 0 Å². The highest BCUT2D eigenvalue weighted by Crippen LogP contribution is 2.34. The molecular formula is C12H16BrNO. The van der Waals surface area contributed by atoms with Crippen molar-refractivity contribution >= 4 is 15.9 Å². The lowest BCUT2D eigenvalue weighted by atomic mass is 10.0. The molecule has 0 bridgehead atoms. The van der Waals surface area contributed by atoms with E-state index in [0.29, 0.717) is 12.5 Å². The van der Waals surface area contributed by atoms with Crippen LogP contribution in [-0.4, -0.2) is 24.8 Å². The zero-order valence-corrected chi connectivity index (χ0v) is 10.3. The van der Waals surface area contributed by atoms with Crippen molar-refractivity contribution in [3.05, 3.63) is 33.8 Å². The van der Waals surface area contributed by atoms with Crippen molar-refractivity contribution < 1.29 is 5.11 Å². The van der Waals surface area contributed by atoms with Crippen molar-refractivity contribution in [2.45, 2.75) is 18.8 Å². The van der Waals surface area contributed by atoms with E-state index >= 15 is 0 Å². The summed E-state index contributed by atoms with van der Waals surface area (Å²) in [6, 6.07) is 6.56. The molecule has 0 fully saturated rings. The van der Waals surface area contributed by atoms with Crippen LogP contribution in [0.3, 0.4) is 0 Å². The average molecular weight is 270 g/mol. The smallest absolute Gasteiger partial charge is 0.0555 e. The maximum atomic E-state index is 8.70. The van der Waals surface area contributed by atoms with Crippen molar-refractivity contribution in [2.75, 3.05) is 19.7 Å². The molecule has 0 amide bonds. The van der Waals surface area contributed by atoms with Crippen LogP contribution in [0.5, 0.6) is 0 Å². The van der Waals surface area contributed by atoms with Crippen LogP contribution in [0, 0.1) is 0 Å². The van der Waals surface area contributed by atoms with E-state index < -0.39 is 0 Å². The Bertz CT molecular complexity index is 340. The molecule has 0 aromatic heterocycles. The molecule has 0 radical (unpaired) electrons. The molecule has 0 saturated heterocycles. The van der Waals surface area contributed by atoms with Gasteiger partial charge in [-0.05, 0) is 42.0 Å². The predicted octanol–water partition coefficient (Wildman–Crippen LogP) is 2.06. The second-order valence-electron chi connectivity index (χ2n) is 4.01. The van der Waals surface area contributed by atoms with Crippen LogP contribution in [0.1, 0.15) is 23.5 Å². The molecule has 0 unspecified atom stereocenters. The van der Waals surface area contributed by atoms with Crippen LogP contribution in [-0.2, 0) is 6.42 Å². The average Bonchev–Trinajstić information content (AvgIpc) is 2.61. The molecule has 1 aliphatic rings. The Labute approximate surface area is 98.8 Å². The van der Waals surface area contributed by atoms with Crippen molar-refractivity contribution in [1.82, 2.24) is 5.32 Å². The molecule has 0 aliphatic heterocycles. The summed E-state index contributed by atoms with van der Waals surface area (Å²) in [5.41, 5.74) is 2.95. The number of nitrogens with one attached hydrogen (secondary N) is 1. The maximum absolute atomic E-state index is 8.70. The molecule has 0 heterocycles. The first kappa shape index (κ1) is 11.1. The van der Waals surface area contributed by atoms with Gasteiger partial charge in [0.1, 0.15) is 0 Å². The summed E-state index contributed by atoms with van der Waals surface area (Å²) >= 11 is 3.50. The molecule has 82 valence electrons. The van der Waals surface area contributed by atoms with Crippen molar-refractivity contribution in [1.29, 1.82) is 0 Å². The summed E-state index contributed by atoms with van der Waals surface area (Å²) < 4.78 is 1.17. The number of rotatable bonds is 4. The fourth-order valence-electron chi connectivity index (χ4n) is 2.24. The molecule has 2 N–H and O–H groups in total. The fraction of sp³-hybridized carbons (Fsp3) is 0.500. The number of hydrogen-bond donors (Lipinski definition) is 2. The Balaban J connectivity index is 2.02. The Hall–Kier alpha value is -0.380. The summed E-state index contributed by atoms with van der Waals surface area (Å²) in [5.74, 6) is 0.625. The summed E-state index contributed by atoms with van der Waals surface area (Å²) in [4.78, 5) is 0. The first-order chi connectivity index (χ1) is 7.31. The highest BCUT2D eigenvalue weighted by Gasteiger charge is 2.21. The third kappa shape index (κ3) is 2.60. The van der Waals surface area contributed by atoms with Crippen LogP contribution < -0.4 is 5.32 Å². The number of halogens is 1. The number of benzene rings is 1. The molecule has 3 heteroatoms. The van der Waals surface area contributed by atoms with Crippen LogP contribution in [0.15, 0.2) is 22.7 Å². The normalized spacial score (nSPS) is 19.2. The molecule has 1 aromatic rings. The Morgan fingerprint density at radius 3 is 3.13 bits per heavy atom. The number of aliphatic hydroxyl groups is 1. The fourth-order valence-corrected chi connectivity index (χ4v) is 2.65. The van der Waals surface area contributed by atoms with Crippen molar-refractivity contribution in [3.63, 3.8) is 0 Å². The summed E-state index contributed by atoms with van der Waals surface area (Å²) in [6.45, 7) is 1.90. The van der Waals surface area contributed by atoms with Gasteiger partial charge in [0.15, 0.2) is 0 Å². The summed E-state index contributed by atoms with van der Waals surface area (Å²) in [6.07, 6.45) is 2.41. The molecule has 0 spiro atoms. The van der Waals surface area contributed by atoms with E-state index in [0.717, 1.165) is 6.54 Å². The minimum absolute atomic E-state index is 0.222.